The first-order valence-corrected chi connectivity index (χ1v) is 3.92. The van der Waals surface area contributed by atoms with Crippen LogP contribution < -0.4 is 5.73 Å². The Hall–Kier alpha value is -1.28. The molecule has 0 saturated heterocycles. The topological polar surface area (TPSA) is 46.2 Å². The molecule has 0 atom stereocenters. The van der Waals surface area contributed by atoms with Crippen LogP contribution in [0.5, 0.6) is 0 Å². The van der Waals surface area contributed by atoms with Crippen LogP contribution in [0.4, 0.5) is 0 Å². The van der Waals surface area contributed by atoms with E-state index in [0.29, 0.717) is 0 Å². The maximum atomic E-state index is 8.77. The maximum Gasteiger partial charge on any atom is 0.0681 e. The highest BCUT2D eigenvalue weighted by atomic mass is 16.3. The largest absolute Gasteiger partial charge is 0.405 e. The number of aliphatic hydroxyl groups is 1. The van der Waals surface area contributed by atoms with E-state index in [1.54, 1.807) is 6.20 Å². The lowest BCUT2D eigenvalue weighted by atomic mass is 10.1. The van der Waals surface area contributed by atoms with Crippen LogP contribution in [0.2, 0.25) is 0 Å². The van der Waals surface area contributed by atoms with E-state index in [0.717, 1.165) is 12.0 Å². The van der Waals surface area contributed by atoms with Crippen molar-refractivity contribution in [3.8, 4) is 0 Å². The number of hydrogen-bond acceptors (Lipinski definition) is 2. The number of allylic oxidation sites excluding steroid dienone is 1. The van der Waals surface area contributed by atoms with Crippen molar-refractivity contribution in [3.05, 3.63) is 47.7 Å². The van der Waals surface area contributed by atoms with Crippen LogP contribution in [0.25, 0.3) is 0 Å². The fourth-order valence-electron chi connectivity index (χ4n) is 0.985. The lowest BCUT2D eigenvalue weighted by Gasteiger charge is -1.98. The summed E-state index contributed by atoms with van der Waals surface area (Å²) in [7, 11) is 0. The number of hydrogen-bond donors (Lipinski definition) is 2. The molecule has 12 heavy (non-hydrogen) atoms. The summed E-state index contributed by atoms with van der Waals surface area (Å²) in [5, 5.41) is 8.77. The van der Waals surface area contributed by atoms with E-state index >= 15 is 0 Å². The third kappa shape index (κ3) is 2.40. The Kier molecular flexibility index (Phi) is 3.35. The second kappa shape index (κ2) is 4.57. The van der Waals surface area contributed by atoms with E-state index in [1.165, 1.54) is 5.56 Å². The lowest BCUT2D eigenvalue weighted by molar-refractivity contribution is 0.282. The summed E-state index contributed by atoms with van der Waals surface area (Å²) in [6, 6.07) is 7.82. The average Bonchev–Trinajstić information content (AvgIpc) is 2.15. The Bertz CT molecular complexity index is 251. The highest BCUT2D eigenvalue weighted by Crippen LogP contribution is 2.04. The first-order valence-electron chi connectivity index (χ1n) is 3.92. The predicted octanol–water partition coefficient (Wildman–Crippen LogP) is 1.19. The number of benzene rings is 1. The van der Waals surface area contributed by atoms with Crippen LogP contribution in [0.15, 0.2) is 36.5 Å². The highest BCUT2D eigenvalue weighted by molar-refractivity contribution is 5.23. The first kappa shape index (κ1) is 8.81. The van der Waals surface area contributed by atoms with Gasteiger partial charge in [-0.3, -0.25) is 0 Å². The molecule has 0 spiro atoms. The molecular formula is C10H13NO. The third-order valence-electron chi connectivity index (χ3n) is 1.70. The van der Waals surface area contributed by atoms with Crippen molar-refractivity contribution in [2.75, 3.05) is 0 Å². The fraction of sp³-hybridized carbons (Fsp3) is 0.200. The summed E-state index contributed by atoms with van der Waals surface area (Å²) in [4.78, 5) is 0. The van der Waals surface area contributed by atoms with Crippen LogP contribution in [0.3, 0.4) is 0 Å². The van der Waals surface area contributed by atoms with Crippen LogP contribution in [-0.2, 0) is 13.0 Å². The minimum Gasteiger partial charge on any atom is -0.405 e. The smallest absolute Gasteiger partial charge is 0.0681 e. The lowest BCUT2D eigenvalue weighted by Crippen LogP contribution is -1.86. The van der Waals surface area contributed by atoms with Gasteiger partial charge in [-0.05, 0) is 23.7 Å². The molecule has 0 aliphatic rings. The molecular weight excluding hydrogens is 150 g/mol. The number of aliphatic hydroxyl groups excluding tert-OH is 1. The van der Waals surface area contributed by atoms with Gasteiger partial charge in [0.05, 0.1) is 6.61 Å². The molecule has 0 aromatic heterocycles. The summed E-state index contributed by atoms with van der Waals surface area (Å²) in [5.74, 6) is 0. The zero-order valence-electron chi connectivity index (χ0n) is 6.90. The minimum absolute atomic E-state index is 0.104. The van der Waals surface area contributed by atoms with Gasteiger partial charge >= 0.3 is 0 Å². The van der Waals surface area contributed by atoms with Gasteiger partial charge in [0, 0.05) is 0 Å². The molecule has 0 radical (unpaired) electrons. The summed E-state index contributed by atoms with van der Waals surface area (Å²) in [6.07, 6.45) is 4.29. The second-order valence-electron chi connectivity index (χ2n) is 2.61. The molecule has 1 rings (SSSR count). The quantitative estimate of drug-likeness (QED) is 0.703. The van der Waals surface area contributed by atoms with Crippen molar-refractivity contribution in [1.82, 2.24) is 0 Å². The van der Waals surface area contributed by atoms with Crippen molar-refractivity contribution in [2.24, 2.45) is 5.73 Å². The molecule has 1 aromatic rings. The maximum absolute atomic E-state index is 8.77. The van der Waals surface area contributed by atoms with Gasteiger partial charge in [-0.25, -0.2) is 0 Å². The summed E-state index contributed by atoms with van der Waals surface area (Å²) >= 11 is 0. The predicted molar refractivity (Wildman–Crippen MR) is 49.4 cm³/mol. The van der Waals surface area contributed by atoms with E-state index in [1.807, 2.05) is 30.3 Å². The molecule has 0 amide bonds. The standard InChI is InChI=1S/C10H13NO/c11-7-1-2-9-3-5-10(8-12)6-4-9/h1,3-7,12H,2,8,11H2. The second-order valence-corrected chi connectivity index (χ2v) is 2.61. The van der Waals surface area contributed by atoms with E-state index in [-0.39, 0.29) is 6.61 Å². The molecule has 0 fully saturated rings. The minimum atomic E-state index is 0.104. The van der Waals surface area contributed by atoms with Crippen LogP contribution in [0, 0.1) is 0 Å². The average molecular weight is 163 g/mol. The normalized spacial score (nSPS) is 10.8. The zero-order chi connectivity index (χ0) is 8.81. The van der Waals surface area contributed by atoms with Crippen LogP contribution in [-0.4, -0.2) is 5.11 Å². The molecule has 0 aliphatic heterocycles. The van der Waals surface area contributed by atoms with Crippen molar-refractivity contribution in [2.45, 2.75) is 13.0 Å². The monoisotopic (exact) mass is 163 g/mol. The van der Waals surface area contributed by atoms with Gasteiger partial charge in [0.25, 0.3) is 0 Å². The fourth-order valence-corrected chi connectivity index (χ4v) is 0.985. The van der Waals surface area contributed by atoms with E-state index in [4.69, 9.17) is 10.8 Å². The SMILES string of the molecule is NC=CCc1ccc(CO)cc1. The molecule has 2 heteroatoms. The van der Waals surface area contributed by atoms with Crippen LogP contribution >= 0.6 is 0 Å². The van der Waals surface area contributed by atoms with Gasteiger partial charge < -0.3 is 10.8 Å². The van der Waals surface area contributed by atoms with Crippen molar-refractivity contribution in [3.63, 3.8) is 0 Å². The molecule has 0 unspecified atom stereocenters. The van der Waals surface area contributed by atoms with Crippen molar-refractivity contribution in [1.29, 1.82) is 0 Å². The highest BCUT2D eigenvalue weighted by Gasteiger charge is 1.90. The molecule has 3 N–H and O–H groups in total. The zero-order valence-corrected chi connectivity index (χ0v) is 6.90. The summed E-state index contributed by atoms with van der Waals surface area (Å²) in [5.41, 5.74) is 7.35. The molecule has 2 nitrogen and oxygen atoms in total. The summed E-state index contributed by atoms with van der Waals surface area (Å²) < 4.78 is 0. The van der Waals surface area contributed by atoms with Crippen molar-refractivity contribution >= 4 is 0 Å². The number of rotatable bonds is 3. The first-order chi connectivity index (χ1) is 5.86. The Balaban J connectivity index is 2.64. The Morgan fingerprint density at radius 3 is 2.25 bits per heavy atom. The molecule has 0 heterocycles. The van der Waals surface area contributed by atoms with Gasteiger partial charge in [-0.15, -0.1) is 0 Å². The van der Waals surface area contributed by atoms with Gasteiger partial charge in [0.2, 0.25) is 0 Å². The van der Waals surface area contributed by atoms with E-state index < -0.39 is 0 Å². The summed E-state index contributed by atoms with van der Waals surface area (Å²) in [6.45, 7) is 0.104. The van der Waals surface area contributed by atoms with Gasteiger partial charge in [0.15, 0.2) is 0 Å². The molecule has 1 aromatic carbocycles. The third-order valence-corrected chi connectivity index (χ3v) is 1.70. The van der Waals surface area contributed by atoms with Crippen molar-refractivity contribution < 1.29 is 5.11 Å². The van der Waals surface area contributed by atoms with E-state index in [9.17, 15) is 0 Å². The Labute approximate surface area is 72.3 Å². The van der Waals surface area contributed by atoms with Gasteiger partial charge in [-0.1, -0.05) is 30.3 Å². The van der Waals surface area contributed by atoms with Gasteiger partial charge in [0.1, 0.15) is 0 Å². The Morgan fingerprint density at radius 1 is 1.17 bits per heavy atom. The molecule has 0 bridgehead atoms. The Morgan fingerprint density at radius 2 is 1.75 bits per heavy atom. The molecule has 0 saturated carbocycles. The molecule has 64 valence electrons. The molecule has 0 aliphatic carbocycles. The number of nitrogens with two attached hydrogens (primary N) is 1. The van der Waals surface area contributed by atoms with E-state index in [2.05, 4.69) is 0 Å². The van der Waals surface area contributed by atoms with Gasteiger partial charge in [-0.2, -0.15) is 0 Å². The van der Waals surface area contributed by atoms with Crippen LogP contribution in [0.1, 0.15) is 11.1 Å².